The van der Waals surface area contributed by atoms with Crippen LogP contribution in [0.25, 0.3) is 0 Å². The molecular formula is C22H34N2O5. The van der Waals surface area contributed by atoms with E-state index in [1.807, 2.05) is 13.8 Å². The van der Waals surface area contributed by atoms with Gasteiger partial charge in [-0.05, 0) is 59.6 Å². The predicted molar refractivity (Wildman–Crippen MR) is 113 cm³/mol. The first-order valence-corrected chi connectivity index (χ1v) is 9.86. The summed E-state index contributed by atoms with van der Waals surface area (Å²) in [6, 6.07) is 7.56. The molecule has 1 rings (SSSR count). The van der Waals surface area contributed by atoms with Crippen LogP contribution in [0, 0.1) is 5.92 Å². The molecule has 2 atom stereocenters. The Morgan fingerprint density at radius 1 is 0.966 bits per heavy atom. The average molecular weight is 407 g/mol. The number of anilines is 1. The number of nitrogens with zero attached hydrogens (tertiary/aromatic N) is 1. The third-order valence-electron chi connectivity index (χ3n) is 3.96. The number of carbonyl (C=O) groups is 3. The summed E-state index contributed by atoms with van der Waals surface area (Å²) in [5, 5.41) is 2.63. The number of rotatable bonds is 5. The largest absolute Gasteiger partial charge is 0.444 e. The summed E-state index contributed by atoms with van der Waals surface area (Å²) in [6.45, 7) is 14.1. The van der Waals surface area contributed by atoms with Crippen molar-refractivity contribution in [1.29, 1.82) is 0 Å². The molecule has 0 saturated carbocycles. The molecule has 0 saturated heterocycles. The van der Waals surface area contributed by atoms with Crippen LogP contribution in [0.4, 0.5) is 15.3 Å². The van der Waals surface area contributed by atoms with Gasteiger partial charge in [0.25, 0.3) is 5.91 Å². The fourth-order valence-corrected chi connectivity index (χ4v) is 2.46. The van der Waals surface area contributed by atoms with Gasteiger partial charge in [0.05, 0.1) is 5.69 Å². The molecule has 0 aromatic heterocycles. The lowest BCUT2D eigenvalue weighted by Gasteiger charge is -2.31. The Balaban J connectivity index is 3.26. The van der Waals surface area contributed by atoms with Crippen molar-refractivity contribution in [2.75, 3.05) is 4.90 Å². The van der Waals surface area contributed by atoms with E-state index < -0.39 is 35.3 Å². The minimum absolute atomic E-state index is 0.233. The summed E-state index contributed by atoms with van der Waals surface area (Å²) >= 11 is 0. The van der Waals surface area contributed by atoms with Gasteiger partial charge in [-0.3, -0.25) is 4.79 Å². The molecule has 0 aliphatic heterocycles. The van der Waals surface area contributed by atoms with Crippen LogP contribution >= 0.6 is 0 Å². The molecule has 7 nitrogen and oxygen atoms in total. The molecule has 0 unspecified atom stereocenters. The summed E-state index contributed by atoms with van der Waals surface area (Å²) in [7, 11) is 0. The SMILES string of the molecule is CC[C@H](C)[C@@H](NC(=O)OC(C)(C)C)C(=O)N(C(=O)OC(C)(C)C)c1ccccc1. The van der Waals surface area contributed by atoms with Crippen molar-refractivity contribution < 1.29 is 23.9 Å². The van der Waals surface area contributed by atoms with E-state index in [1.165, 1.54) is 0 Å². The summed E-state index contributed by atoms with van der Waals surface area (Å²) in [4.78, 5) is 39.6. The predicted octanol–water partition coefficient (Wildman–Crippen LogP) is 4.89. The highest BCUT2D eigenvalue weighted by atomic mass is 16.6. The van der Waals surface area contributed by atoms with Crippen LogP contribution in [0.2, 0.25) is 0 Å². The molecule has 0 aliphatic carbocycles. The quantitative estimate of drug-likeness (QED) is 0.752. The van der Waals surface area contributed by atoms with Crippen molar-refractivity contribution in [2.45, 2.75) is 79.1 Å². The number of imide groups is 1. The summed E-state index contributed by atoms with van der Waals surface area (Å²) in [5.74, 6) is -0.811. The lowest BCUT2D eigenvalue weighted by atomic mass is 9.97. The molecule has 1 N–H and O–H groups in total. The highest BCUT2D eigenvalue weighted by Gasteiger charge is 2.37. The lowest BCUT2D eigenvalue weighted by molar-refractivity contribution is -0.121. The second-order valence-electron chi connectivity index (χ2n) is 9.00. The zero-order chi connectivity index (χ0) is 22.4. The maximum Gasteiger partial charge on any atom is 0.421 e. The second kappa shape index (κ2) is 9.76. The van der Waals surface area contributed by atoms with E-state index in [4.69, 9.17) is 9.47 Å². The molecule has 7 heteroatoms. The van der Waals surface area contributed by atoms with Crippen molar-refractivity contribution in [1.82, 2.24) is 5.32 Å². The van der Waals surface area contributed by atoms with Crippen molar-refractivity contribution >= 4 is 23.8 Å². The van der Waals surface area contributed by atoms with Crippen LogP contribution in [0.5, 0.6) is 0 Å². The fourth-order valence-electron chi connectivity index (χ4n) is 2.46. The van der Waals surface area contributed by atoms with E-state index in [9.17, 15) is 14.4 Å². The maximum absolute atomic E-state index is 13.4. The van der Waals surface area contributed by atoms with Crippen LogP contribution in [0.15, 0.2) is 30.3 Å². The molecule has 0 fully saturated rings. The topological polar surface area (TPSA) is 84.9 Å². The van der Waals surface area contributed by atoms with Gasteiger partial charge in [0, 0.05) is 0 Å². The van der Waals surface area contributed by atoms with Gasteiger partial charge in [-0.2, -0.15) is 0 Å². The normalized spacial score (nSPS) is 13.8. The minimum Gasteiger partial charge on any atom is -0.444 e. The summed E-state index contributed by atoms with van der Waals surface area (Å²) < 4.78 is 10.7. The molecule has 0 radical (unpaired) electrons. The molecule has 0 spiro atoms. The Bertz CT molecular complexity index is 704. The second-order valence-corrected chi connectivity index (χ2v) is 9.00. The fraction of sp³-hybridized carbons (Fsp3) is 0.591. The third-order valence-corrected chi connectivity index (χ3v) is 3.96. The molecule has 1 aromatic carbocycles. The van der Waals surface area contributed by atoms with Crippen LogP contribution in [-0.2, 0) is 14.3 Å². The van der Waals surface area contributed by atoms with Gasteiger partial charge in [-0.25, -0.2) is 14.5 Å². The first-order valence-electron chi connectivity index (χ1n) is 9.86. The number of hydrogen-bond acceptors (Lipinski definition) is 5. The first-order chi connectivity index (χ1) is 13.2. The van der Waals surface area contributed by atoms with Gasteiger partial charge < -0.3 is 14.8 Å². The van der Waals surface area contributed by atoms with E-state index in [0.717, 1.165) is 4.90 Å². The minimum atomic E-state index is -0.956. The maximum atomic E-state index is 13.4. The molecule has 0 heterocycles. The van der Waals surface area contributed by atoms with Crippen molar-refractivity contribution in [3.63, 3.8) is 0 Å². The van der Waals surface area contributed by atoms with Gasteiger partial charge in [0.1, 0.15) is 17.2 Å². The highest BCUT2D eigenvalue weighted by molar-refractivity contribution is 6.14. The number of para-hydroxylation sites is 1. The average Bonchev–Trinajstić information content (AvgIpc) is 2.57. The van der Waals surface area contributed by atoms with Gasteiger partial charge in [0.2, 0.25) is 0 Å². The summed E-state index contributed by atoms with van der Waals surface area (Å²) in [6.07, 6.45) is -0.898. The van der Waals surface area contributed by atoms with Crippen LogP contribution < -0.4 is 10.2 Å². The van der Waals surface area contributed by atoms with Crippen molar-refractivity contribution in [2.24, 2.45) is 5.92 Å². The molecule has 1 aromatic rings. The number of hydrogen-bond donors (Lipinski definition) is 1. The molecule has 162 valence electrons. The Morgan fingerprint density at radius 3 is 1.93 bits per heavy atom. The summed E-state index contributed by atoms with van der Waals surface area (Å²) in [5.41, 5.74) is -1.13. The van der Waals surface area contributed by atoms with E-state index in [2.05, 4.69) is 5.32 Å². The Kier molecular flexibility index (Phi) is 8.24. The van der Waals surface area contributed by atoms with Crippen molar-refractivity contribution in [3.8, 4) is 0 Å². The van der Waals surface area contributed by atoms with E-state index >= 15 is 0 Å². The molecule has 0 aliphatic rings. The number of ether oxygens (including phenoxy) is 2. The zero-order valence-corrected chi connectivity index (χ0v) is 18.7. The third kappa shape index (κ3) is 8.13. The van der Waals surface area contributed by atoms with Crippen LogP contribution in [0.1, 0.15) is 61.8 Å². The number of nitrogens with one attached hydrogen (secondary N) is 1. The highest BCUT2D eigenvalue weighted by Crippen LogP contribution is 2.22. The van der Waals surface area contributed by atoms with E-state index in [-0.39, 0.29) is 5.92 Å². The number of carbonyl (C=O) groups excluding carboxylic acids is 3. The Labute approximate surface area is 173 Å². The monoisotopic (exact) mass is 406 g/mol. The lowest BCUT2D eigenvalue weighted by Crippen LogP contribution is -2.55. The van der Waals surface area contributed by atoms with E-state index in [1.54, 1.807) is 71.9 Å². The Hall–Kier alpha value is -2.57. The number of amides is 3. The van der Waals surface area contributed by atoms with Crippen molar-refractivity contribution in [3.05, 3.63) is 30.3 Å². The van der Waals surface area contributed by atoms with Gasteiger partial charge >= 0.3 is 12.2 Å². The zero-order valence-electron chi connectivity index (χ0n) is 18.7. The first kappa shape index (κ1) is 24.5. The van der Waals surface area contributed by atoms with Gasteiger partial charge in [-0.1, -0.05) is 38.5 Å². The van der Waals surface area contributed by atoms with Crippen LogP contribution in [-0.4, -0.2) is 35.3 Å². The standard InChI is InChI=1S/C22H34N2O5/c1-9-15(2)17(23-19(26)28-21(3,4)5)18(25)24(16-13-11-10-12-14-16)20(27)29-22(6,7)8/h10-15,17H,9H2,1-8H3,(H,23,26)/t15-,17+/m0/s1. The molecular weight excluding hydrogens is 372 g/mol. The number of alkyl carbamates (subject to hydrolysis) is 1. The number of benzene rings is 1. The van der Waals surface area contributed by atoms with Gasteiger partial charge in [0.15, 0.2) is 0 Å². The molecule has 29 heavy (non-hydrogen) atoms. The Morgan fingerprint density at radius 2 is 1.48 bits per heavy atom. The van der Waals surface area contributed by atoms with Gasteiger partial charge in [-0.15, -0.1) is 0 Å². The van der Waals surface area contributed by atoms with Crippen LogP contribution in [0.3, 0.4) is 0 Å². The molecule has 3 amide bonds. The smallest absolute Gasteiger partial charge is 0.421 e. The van der Waals surface area contributed by atoms with E-state index in [0.29, 0.717) is 12.1 Å². The molecule has 0 bridgehead atoms.